The molecular formula is C12H21N3O. The van der Waals surface area contributed by atoms with Gasteiger partial charge in [-0.15, -0.1) is 0 Å². The molecule has 0 aromatic rings. The van der Waals surface area contributed by atoms with Gasteiger partial charge in [0.1, 0.15) is 0 Å². The minimum Gasteiger partial charge on any atom is -0.378 e. The number of aliphatic imine (C=N–C) groups is 2. The zero-order chi connectivity index (χ0) is 12.0. The fourth-order valence-electron chi connectivity index (χ4n) is 1.29. The standard InChI is InChI=1S/C12H21N3O/c1-10(2)11(3)9-14-12(13-4)15-5-7-16-8-6-15/h9-10H,4-8H2,1-3H3/b11-9+,14-12+. The Kier molecular flexibility index (Phi) is 5.19. The topological polar surface area (TPSA) is 37.2 Å². The molecule has 16 heavy (non-hydrogen) atoms. The first kappa shape index (κ1) is 12.9. The first-order valence-electron chi connectivity index (χ1n) is 5.69. The molecule has 1 fully saturated rings. The van der Waals surface area contributed by atoms with E-state index in [1.165, 1.54) is 5.57 Å². The van der Waals surface area contributed by atoms with Gasteiger partial charge in [-0.05, 0) is 19.6 Å². The Morgan fingerprint density at radius 1 is 1.38 bits per heavy atom. The summed E-state index contributed by atoms with van der Waals surface area (Å²) < 4.78 is 5.28. The molecule has 0 spiro atoms. The maximum absolute atomic E-state index is 5.28. The lowest BCUT2D eigenvalue weighted by Crippen LogP contribution is -2.39. The van der Waals surface area contributed by atoms with Crippen molar-refractivity contribution in [3.8, 4) is 0 Å². The van der Waals surface area contributed by atoms with E-state index in [1.807, 2.05) is 6.20 Å². The third-order valence-electron chi connectivity index (χ3n) is 2.73. The predicted octanol–water partition coefficient (Wildman–Crippen LogP) is 1.94. The Bertz CT molecular complexity index is 289. The highest BCUT2D eigenvalue weighted by molar-refractivity contribution is 5.84. The van der Waals surface area contributed by atoms with Gasteiger partial charge >= 0.3 is 0 Å². The van der Waals surface area contributed by atoms with Gasteiger partial charge in [-0.1, -0.05) is 19.4 Å². The number of nitrogens with zero attached hydrogens (tertiary/aromatic N) is 3. The van der Waals surface area contributed by atoms with Crippen molar-refractivity contribution in [3.63, 3.8) is 0 Å². The summed E-state index contributed by atoms with van der Waals surface area (Å²) in [5.74, 6) is 1.21. The zero-order valence-corrected chi connectivity index (χ0v) is 10.4. The molecule has 90 valence electrons. The molecule has 0 saturated carbocycles. The van der Waals surface area contributed by atoms with E-state index in [0.29, 0.717) is 11.9 Å². The van der Waals surface area contributed by atoms with E-state index in [0.717, 1.165) is 26.3 Å². The monoisotopic (exact) mass is 223 g/mol. The lowest BCUT2D eigenvalue weighted by Gasteiger charge is -2.27. The highest BCUT2D eigenvalue weighted by Gasteiger charge is 2.13. The second-order valence-corrected chi connectivity index (χ2v) is 4.21. The summed E-state index contributed by atoms with van der Waals surface area (Å²) in [6.07, 6.45) is 1.88. The Balaban J connectivity index is 2.68. The van der Waals surface area contributed by atoms with E-state index in [-0.39, 0.29) is 0 Å². The molecule has 0 N–H and O–H groups in total. The van der Waals surface area contributed by atoms with Gasteiger partial charge in [-0.25, -0.2) is 9.98 Å². The van der Waals surface area contributed by atoms with Crippen LogP contribution in [-0.4, -0.2) is 43.9 Å². The van der Waals surface area contributed by atoms with Crippen LogP contribution >= 0.6 is 0 Å². The van der Waals surface area contributed by atoms with Crippen LogP contribution < -0.4 is 0 Å². The van der Waals surface area contributed by atoms with Crippen LogP contribution in [0.5, 0.6) is 0 Å². The summed E-state index contributed by atoms with van der Waals surface area (Å²) in [7, 11) is 0. The third kappa shape index (κ3) is 3.77. The summed E-state index contributed by atoms with van der Waals surface area (Å²) in [4.78, 5) is 10.4. The molecule has 1 aliphatic rings. The van der Waals surface area contributed by atoms with E-state index in [1.54, 1.807) is 0 Å². The predicted molar refractivity (Wildman–Crippen MR) is 68.0 cm³/mol. The molecule has 0 radical (unpaired) electrons. The van der Waals surface area contributed by atoms with Crippen molar-refractivity contribution < 1.29 is 4.74 Å². The molecule has 0 aromatic carbocycles. The van der Waals surface area contributed by atoms with Crippen molar-refractivity contribution >= 4 is 12.7 Å². The first-order valence-corrected chi connectivity index (χ1v) is 5.69. The van der Waals surface area contributed by atoms with Gasteiger partial charge in [-0.2, -0.15) is 0 Å². The molecule has 0 bridgehead atoms. The van der Waals surface area contributed by atoms with Gasteiger partial charge in [0.25, 0.3) is 0 Å². The maximum Gasteiger partial charge on any atom is 0.224 e. The van der Waals surface area contributed by atoms with Crippen LogP contribution in [0.3, 0.4) is 0 Å². The number of allylic oxidation sites excluding steroid dienone is 1. The number of rotatable bonds is 2. The average Bonchev–Trinajstić information content (AvgIpc) is 2.30. The minimum absolute atomic E-state index is 0.513. The summed E-state index contributed by atoms with van der Waals surface area (Å²) in [5, 5.41) is 0. The van der Waals surface area contributed by atoms with Crippen molar-refractivity contribution in [1.29, 1.82) is 0 Å². The Hall–Kier alpha value is -1.16. The quantitative estimate of drug-likeness (QED) is 0.530. The lowest BCUT2D eigenvalue weighted by atomic mass is 10.1. The third-order valence-corrected chi connectivity index (χ3v) is 2.73. The minimum atomic E-state index is 0.513. The van der Waals surface area contributed by atoms with E-state index in [2.05, 4.69) is 42.4 Å². The highest BCUT2D eigenvalue weighted by atomic mass is 16.5. The molecule has 1 aliphatic heterocycles. The Labute approximate surface area is 97.7 Å². The normalized spacial score (nSPS) is 19.1. The molecule has 0 aromatic heterocycles. The molecule has 0 atom stereocenters. The van der Waals surface area contributed by atoms with Gasteiger partial charge < -0.3 is 9.64 Å². The molecule has 4 nitrogen and oxygen atoms in total. The van der Waals surface area contributed by atoms with Crippen molar-refractivity contribution in [2.45, 2.75) is 20.8 Å². The number of hydrogen-bond donors (Lipinski definition) is 0. The van der Waals surface area contributed by atoms with Crippen molar-refractivity contribution in [1.82, 2.24) is 4.90 Å². The van der Waals surface area contributed by atoms with Crippen molar-refractivity contribution in [2.24, 2.45) is 15.9 Å². The number of ether oxygens (including phenoxy) is 1. The number of morpholine rings is 1. The largest absolute Gasteiger partial charge is 0.378 e. The molecule has 0 unspecified atom stereocenters. The van der Waals surface area contributed by atoms with E-state index < -0.39 is 0 Å². The van der Waals surface area contributed by atoms with Gasteiger partial charge in [0, 0.05) is 19.3 Å². The number of hydrogen-bond acceptors (Lipinski definition) is 2. The van der Waals surface area contributed by atoms with Crippen LogP contribution in [0.15, 0.2) is 21.8 Å². The summed E-state index contributed by atoms with van der Waals surface area (Å²) >= 11 is 0. The number of guanidine groups is 1. The van der Waals surface area contributed by atoms with Crippen LogP contribution in [-0.2, 0) is 4.74 Å². The fraction of sp³-hybridized carbons (Fsp3) is 0.667. The van der Waals surface area contributed by atoms with Gasteiger partial charge in [0.2, 0.25) is 5.96 Å². The van der Waals surface area contributed by atoms with E-state index in [9.17, 15) is 0 Å². The maximum atomic E-state index is 5.28. The van der Waals surface area contributed by atoms with Crippen LogP contribution in [0, 0.1) is 5.92 Å². The summed E-state index contributed by atoms with van der Waals surface area (Å²) in [6.45, 7) is 13.1. The van der Waals surface area contributed by atoms with Crippen LogP contribution in [0.4, 0.5) is 0 Å². The van der Waals surface area contributed by atoms with Crippen molar-refractivity contribution in [2.75, 3.05) is 26.3 Å². The average molecular weight is 223 g/mol. The van der Waals surface area contributed by atoms with Gasteiger partial charge in [-0.3, -0.25) is 0 Å². The molecular weight excluding hydrogens is 202 g/mol. The molecule has 0 amide bonds. The molecule has 1 saturated heterocycles. The smallest absolute Gasteiger partial charge is 0.224 e. The van der Waals surface area contributed by atoms with Crippen LogP contribution in [0.25, 0.3) is 0 Å². The van der Waals surface area contributed by atoms with Gasteiger partial charge in [0.15, 0.2) is 0 Å². The Morgan fingerprint density at radius 3 is 2.50 bits per heavy atom. The Morgan fingerprint density at radius 2 is 2.00 bits per heavy atom. The zero-order valence-electron chi connectivity index (χ0n) is 10.4. The lowest BCUT2D eigenvalue weighted by molar-refractivity contribution is 0.0676. The van der Waals surface area contributed by atoms with Crippen molar-refractivity contribution in [3.05, 3.63) is 11.8 Å². The fourth-order valence-corrected chi connectivity index (χ4v) is 1.29. The molecule has 0 aliphatic carbocycles. The van der Waals surface area contributed by atoms with E-state index in [4.69, 9.17) is 4.74 Å². The molecule has 1 rings (SSSR count). The van der Waals surface area contributed by atoms with Gasteiger partial charge in [0.05, 0.1) is 13.2 Å². The summed E-state index contributed by atoms with van der Waals surface area (Å²) in [5.41, 5.74) is 1.24. The van der Waals surface area contributed by atoms with E-state index >= 15 is 0 Å². The van der Waals surface area contributed by atoms with Crippen LogP contribution in [0.2, 0.25) is 0 Å². The molecule has 1 heterocycles. The first-order chi connectivity index (χ1) is 7.65. The second-order valence-electron chi connectivity index (χ2n) is 4.21. The SMILES string of the molecule is C=N/C(=N\C=C(/C)C(C)C)N1CCOCC1. The highest BCUT2D eigenvalue weighted by Crippen LogP contribution is 2.08. The molecule has 4 heteroatoms. The summed E-state index contributed by atoms with van der Waals surface area (Å²) in [6, 6.07) is 0. The second kappa shape index (κ2) is 6.43. The van der Waals surface area contributed by atoms with Crippen LogP contribution in [0.1, 0.15) is 20.8 Å².